The molecule has 1 rings (SSSR count). The van der Waals surface area contributed by atoms with Gasteiger partial charge in [0, 0.05) is 28.3 Å². The second-order valence-corrected chi connectivity index (χ2v) is 6.94. The fourth-order valence-corrected chi connectivity index (χ4v) is 2.54. The number of hydrogen-bond acceptors (Lipinski definition) is 2. The van der Waals surface area contributed by atoms with Gasteiger partial charge in [0.25, 0.3) is 0 Å². The molecule has 0 saturated carbocycles. The summed E-state index contributed by atoms with van der Waals surface area (Å²) in [4.78, 5) is 0. The molecular formula is C15H25NOS. The molecule has 0 radical (unpaired) electrons. The SMILES string of the molecule is Cc1ccc(C(C)NCCC(C)S(C)=O)c(C)c1. The highest BCUT2D eigenvalue weighted by Gasteiger charge is 2.10. The van der Waals surface area contributed by atoms with Crippen LogP contribution in [0.1, 0.15) is 43.0 Å². The Kier molecular flexibility index (Phi) is 6.03. The van der Waals surface area contributed by atoms with Crippen LogP contribution >= 0.6 is 0 Å². The van der Waals surface area contributed by atoms with Gasteiger partial charge in [-0.3, -0.25) is 4.21 Å². The molecule has 3 unspecified atom stereocenters. The maximum absolute atomic E-state index is 11.3. The lowest BCUT2D eigenvalue weighted by Crippen LogP contribution is -2.24. The van der Waals surface area contributed by atoms with E-state index in [1.54, 1.807) is 6.26 Å². The maximum Gasteiger partial charge on any atom is 0.0329 e. The Bertz CT molecular complexity index is 417. The number of aryl methyl sites for hydroxylation is 2. The zero-order chi connectivity index (χ0) is 13.7. The van der Waals surface area contributed by atoms with Crippen LogP contribution in [0.3, 0.4) is 0 Å². The van der Waals surface area contributed by atoms with Gasteiger partial charge >= 0.3 is 0 Å². The molecule has 1 aromatic rings. The predicted molar refractivity (Wildman–Crippen MR) is 80.5 cm³/mol. The van der Waals surface area contributed by atoms with Crippen molar-refractivity contribution in [2.75, 3.05) is 12.8 Å². The smallest absolute Gasteiger partial charge is 0.0329 e. The normalized spacial score (nSPS) is 16.3. The number of rotatable bonds is 6. The van der Waals surface area contributed by atoms with E-state index in [0.717, 1.165) is 13.0 Å². The van der Waals surface area contributed by atoms with Crippen molar-refractivity contribution in [3.8, 4) is 0 Å². The third-order valence-electron chi connectivity index (χ3n) is 3.46. The average molecular weight is 267 g/mol. The lowest BCUT2D eigenvalue weighted by molar-refractivity contribution is 0.552. The van der Waals surface area contributed by atoms with E-state index in [0.29, 0.717) is 6.04 Å². The van der Waals surface area contributed by atoms with Gasteiger partial charge in [-0.25, -0.2) is 0 Å². The molecular weight excluding hydrogens is 242 g/mol. The van der Waals surface area contributed by atoms with Crippen LogP contribution in [0.5, 0.6) is 0 Å². The summed E-state index contributed by atoms with van der Waals surface area (Å²) in [5.41, 5.74) is 3.99. The Hall–Kier alpha value is -0.670. The van der Waals surface area contributed by atoms with Crippen LogP contribution in [0, 0.1) is 13.8 Å². The molecule has 0 heterocycles. The molecule has 1 N–H and O–H groups in total. The predicted octanol–water partition coefficient (Wildman–Crippen LogP) is 3.11. The van der Waals surface area contributed by atoms with Crippen LogP contribution in [0.4, 0.5) is 0 Å². The summed E-state index contributed by atoms with van der Waals surface area (Å²) >= 11 is 0. The van der Waals surface area contributed by atoms with Gasteiger partial charge in [0.2, 0.25) is 0 Å². The molecule has 0 aliphatic heterocycles. The molecule has 0 saturated heterocycles. The second-order valence-electron chi connectivity index (χ2n) is 5.13. The van der Waals surface area contributed by atoms with Gasteiger partial charge in [0.05, 0.1) is 0 Å². The summed E-state index contributed by atoms with van der Waals surface area (Å²) in [7, 11) is -0.717. The molecule has 3 heteroatoms. The Labute approximate surface area is 114 Å². The maximum atomic E-state index is 11.3. The van der Waals surface area contributed by atoms with E-state index in [9.17, 15) is 4.21 Å². The first-order valence-electron chi connectivity index (χ1n) is 6.54. The second kappa shape index (κ2) is 7.05. The minimum atomic E-state index is -0.717. The minimum absolute atomic E-state index is 0.267. The summed E-state index contributed by atoms with van der Waals surface area (Å²) < 4.78 is 11.3. The van der Waals surface area contributed by atoms with Crippen molar-refractivity contribution in [1.29, 1.82) is 0 Å². The zero-order valence-electron chi connectivity index (χ0n) is 12.1. The number of benzene rings is 1. The van der Waals surface area contributed by atoms with Gasteiger partial charge < -0.3 is 5.32 Å². The highest BCUT2D eigenvalue weighted by molar-refractivity contribution is 7.84. The van der Waals surface area contributed by atoms with Crippen LogP contribution in [0.2, 0.25) is 0 Å². The van der Waals surface area contributed by atoms with Crippen molar-refractivity contribution in [3.05, 3.63) is 34.9 Å². The van der Waals surface area contributed by atoms with E-state index in [1.807, 2.05) is 6.92 Å². The summed E-state index contributed by atoms with van der Waals surface area (Å²) in [6.45, 7) is 9.41. The molecule has 0 aliphatic carbocycles. The van der Waals surface area contributed by atoms with Crippen LogP contribution in [0.25, 0.3) is 0 Å². The standard InChI is InChI=1S/C15H25NOS/c1-11-6-7-15(12(2)10-11)14(4)16-9-8-13(3)18(5)17/h6-7,10,13-14,16H,8-9H2,1-5H3. The molecule has 1 aromatic carbocycles. The lowest BCUT2D eigenvalue weighted by atomic mass is 10.0. The van der Waals surface area contributed by atoms with Gasteiger partial charge in [-0.2, -0.15) is 0 Å². The summed E-state index contributed by atoms with van der Waals surface area (Å²) in [5.74, 6) is 0. The van der Waals surface area contributed by atoms with Crippen molar-refractivity contribution in [2.24, 2.45) is 0 Å². The van der Waals surface area contributed by atoms with Gasteiger partial charge in [0.1, 0.15) is 0 Å². The zero-order valence-corrected chi connectivity index (χ0v) is 12.9. The number of hydrogen-bond donors (Lipinski definition) is 1. The summed E-state index contributed by atoms with van der Waals surface area (Å²) in [5, 5.41) is 3.78. The van der Waals surface area contributed by atoms with Gasteiger partial charge in [0.15, 0.2) is 0 Å². The van der Waals surface area contributed by atoms with Gasteiger partial charge in [-0.15, -0.1) is 0 Å². The quantitative estimate of drug-likeness (QED) is 0.858. The lowest BCUT2D eigenvalue weighted by Gasteiger charge is -2.18. The topological polar surface area (TPSA) is 29.1 Å². The molecule has 0 fully saturated rings. The third-order valence-corrected chi connectivity index (χ3v) is 4.83. The molecule has 2 nitrogen and oxygen atoms in total. The van der Waals surface area contributed by atoms with E-state index < -0.39 is 10.8 Å². The largest absolute Gasteiger partial charge is 0.310 e. The Morgan fingerprint density at radius 3 is 2.50 bits per heavy atom. The molecule has 0 amide bonds. The van der Waals surface area contributed by atoms with Crippen LogP contribution in [-0.2, 0) is 10.8 Å². The highest BCUT2D eigenvalue weighted by Crippen LogP contribution is 2.18. The van der Waals surface area contributed by atoms with E-state index >= 15 is 0 Å². The molecule has 0 aromatic heterocycles. The summed E-state index contributed by atoms with van der Waals surface area (Å²) in [6.07, 6.45) is 2.73. The first-order chi connectivity index (χ1) is 8.41. The van der Waals surface area contributed by atoms with Crippen molar-refractivity contribution >= 4 is 10.8 Å². The summed E-state index contributed by atoms with van der Waals surface area (Å²) in [6, 6.07) is 6.92. The van der Waals surface area contributed by atoms with Crippen LogP contribution in [-0.4, -0.2) is 22.3 Å². The molecule has 0 bridgehead atoms. The Balaban J connectivity index is 2.50. The van der Waals surface area contributed by atoms with Crippen molar-refractivity contribution in [2.45, 2.75) is 45.4 Å². The van der Waals surface area contributed by atoms with Crippen molar-refractivity contribution in [1.82, 2.24) is 5.32 Å². The molecule has 18 heavy (non-hydrogen) atoms. The third kappa shape index (κ3) is 4.54. The average Bonchev–Trinajstić information content (AvgIpc) is 2.28. The van der Waals surface area contributed by atoms with Crippen molar-refractivity contribution in [3.63, 3.8) is 0 Å². The molecule has 0 aliphatic rings. The van der Waals surface area contributed by atoms with Crippen molar-refractivity contribution < 1.29 is 4.21 Å². The highest BCUT2D eigenvalue weighted by atomic mass is 32.2. The van der Waals surface area contributed by atoms with Gasteiger partial charge in [-0.1, -0.05) is 30.7 Å². The molecule has 0 spiro atoms. The van der Waals surface area contributed by atoms with E-state index in [4.69, 9.17) is 0 Å². The van der Waals surface area contributed by atoms with Gasteiger partial charge in [-0.05, 0) is 44.9 Å². The van der Waals surface area contributed by atoms with Crippen LogP contribution in [0.15, 0.2) is 18.2 Å². The minimum Gasteiger partial charge on any atom is -0.310 e. The Morgan fingerprint density at radius 2 is 1.94 bits per heavy atom. The number of nitrogens with one attached hydrogen (secondary N) is 1. The van der Waals surface area contributed by atoms with E-state index in [1.165, 1.54) is 16.7 Å². The fraction of sp³-hybridized carbons (Fsp3) is 0.600. The monoisotopic (exact) mass is 267 g/mol. The van der Waals surface area contributed by atoms with E-state index in [-0.39, 0.29) is 5.25 Å². The first-order valence-corrected chi connectivity index (χ1v) is 8.16. The molecule has 102 valence electrons. The van der Waals surface area contributed by atoms with E-state index in [2.05, 4.69) is 44.3 Å². The Morgan fingerprint density at radius 1 is 1.28 bits per heavy atom. The first kappa shape index (κ1) is 15.4. The van der Waals surface area contributed by atoms with Crippen LogP contribution < -0.4 is 5.32 Å². The fourth-order valence-electron chi connectivity index (χ4n) is 2.09. The molecule has 3 atom stereocenters.